The van der Waals surface area contributed by atoms with E-state index >= 15 is 0 Å². The molecule has 25 heavy (non-hydrogen) atoms. The lowest BCUT2D eigenvalue weighted by atomic mass is 9.91. The van der Waals surface area contributed by atoms with Crippen molar-refractivity contribution in [1.82, 2.24) is 15.2 Å². The molecule has 134 valence electrons. The van der Waals surface area contributed by atoms with Crippen LogP contribution in [-0.2, 0) is 11.2 Å². The van der Waals surface area contributed by atoms with E-state index in [9.17, 15) is 14.7 Å². The first-order valence-corrected chi connectivity index (χ1v) is 8.85. The second-order valence-corrected chi connectivity index (χ2v) is 6.98. The Bertz CT molecular complexity index is 755. The van der Waals surface area contributed by atoms with Gasteiger partial charge in [-0.15, -0.1) is 0 Å². The number of rotatable bonds is 5. The predicted octanol–water partition coefficient (Wildman–Crippen LogP) is 2.85. The molecule has 1 aromatic carbocycles. The second-order valence-electron chi connectivity index (χ2n) is 6.98. The first kappa shape index (κ1) is 17.3. The summed E-state index contributed by atoms with van der Waals surface area (Å²) in [4.78, 5) is 28.4. The fourth-order valence-corrected chi connectivity index (χ4v) is 3.62. The molecule has 6 heteroatoms. The highest BCUT2D eigenvalue weighted by Crippen LogP contribution is 2.22. The van der Waals surface area contributed by atoms with Crippen LogP contribution in [0.4, 0.5) is 4.79 Å². The Morgan fingerprint density at radius 2 is 2.12 bits per heavy atom. The maximum absolute atomic E-state index is 12.3. The van der Waals surface area contributed by atoms with E-state index in [4.69, 9.17) is 0 Å². The lowest BCUT2D eigenvalue weighted by Crippen LogP contribution is -2.49. The number of hydrogen-bond donors (Lipinski definition) is 3. The quantitative estimate of drug-likeness (QED) is 0.730. The van der Waals surface area contributed by atoms with Gasteiger partial charge in [0, 0.05) is 36.7 Å². The predicted molar refractivity (Wildman–Crippen MR) is 96.5 cm³/mol. The molecule has 0 radical (unpaired) electrons. The number of likely N-dealkylation sites (tertiary alicyclic amines) is 1. The molecule has 1 fully saturated rings. The van der Waals surface area contributed by atoms with Crippen LogP contribution in [0.25, 0.3) is 10.9 Å². The lowest BCUT2D eigenvalue weighted by molar-refractivity contribution is -0.143. The molecule has 1 aliphatic rings. The molecule has 3 N–H and O–H groups in total. The van der Waals surface area contributed by atoms with Gasteiger partial charge in [-0.25, -0.2) is 4.79 Å². The van der Waals surface area contributed by atoms with Crippen molar-refractivity contribution in [2.24, 2.45) is 11.8 Å². The SMILES string of the molecule is CC1CC(C(=O)O)CN(C(=O)NCCCc2c[nH]c3ccccc23)C1. The standard InChI is InChI=1S/C19H25N3O3/c1-13-9-15(18(23)24)12-22(11-13)19(25)20-8-4-5-14-10-21-17-7-3-2-6-16(14)17/h2-3,6-7,10,13,15,21H,4-5,8-9,11-12H2,1H3,(H,20,25)(H,23,24). The van der Waals surface area contributed by atoms with Crippen molar-refractivity contribution >= 4 is 22.9 Å². The molecule has 0 spiro atoms. The topological polar surface area (TPSA) is 85.4 Å². The van der Waals surface area contributed by atoms with E-state index in [2.05, 4.69) is 22.4 Å². The summed E-state index contributed by atoms with van der Waals surface area (Å²) in [7, 11) is 0. The van der Waals surface area contributed by atoms with Gasteiger partial charge in [0.05, 0.1) is 5.92 Å². The van der Waals surface area contributed by atoms with E-state index in [-0.39, 0.29) is 11.9 Å². The summed E-state index contributed by atoms with van der Waals surface area (Å²) in [6.07, 6.45) is 4.40. The van der Waals surface area contributed by atoms with Crippen LogP contribution in [0.2, 0.25) is 0 Å². The zero-order valence-electron chi connectivity index (χ0n) is 14.5. The highest BCUT2D eigenvalue weighted by molar-refractivity contribution is 5.83. The van der Waals surface area contributed by atoms with Gasteiger partial charge in [0.25, 0.3) is 0 Å². The Morgan fingerprint density at radius 1 is 1.32 bits per heavy atom. The summed E-state index contributed by atoms with van der Waals surface area (Å²) in [5.74, 6) is -1.06. The molecule has 0 bridgehead atoms. The molecule has 0 aliphatic carbocycles. The zero-order valence-corrected chi connectivity index (χ0v) is 14.5. The summed E-state index contributed by atoms with van der Waals surface area (Å²) >= 11 is 0. The summed E-state index contributed by atoms with van der Waals surface area (Å²) in [6, 6.07) is 8.03. The summed E-state index contributed by atoms with van der Waals surface area (Å²) < 4.78 is 0. The maximum Gasteiger partial charge on any atom is 0.317 e. The number of aryl methyl sites for hydroxylation is 1. The van der Waals surface area contributed by atoms with Crippen LogP contribution in [0.15, 0.2) is 30.5 Å². The van der Waals surface area contributed by atoms with Crippen LogP contribution >= 0.6 is 0 Å². The molecule has 1 aromatic heterocycles. The molecule has 2 amide bonds. The normalized spacial score (nSPS) is 20.6. The number of H-pyrrole nitrogens is 1. The van der Waals surface area contributed by atoms with E-state index in [1.807, 2.05) is 25.3 Å². The summed E-state index contributed by atoms with van der Waals surface area (Å²) in [6.45, 7) is 3.50. The van der Waals surface area contributed by atoms with E-state index in [0.29, 0.717) is 26.1 Å². The monoisotopic (exact) mass is 343 g/mol. The molecule has 6 nitrogen and oxygen atoms in total. The highest BCUT2D eigenvalue weighted by Gasteiger charge is 2.31. The number of amides is 2. The number of nitrogens with zero attached hydrogens (tertiary/aromatic N) is 1. The molecule has 3 rings (SSSR count). The first-order valence-electron chi connectivity index (χ1n) is 8.85. The number of urea groups is 1. The number of nitrogens with one attached hydrogen (secondary N) is 2. The number of fused-ring (bicyclic) bond motifs is 1. The van der Waals surface area contributed by atoms with Gasteiger partial charge in [0.1, 0.15) is 0 Å². The van der Waals surface area contributed by atoms with Crippen LogP contribution in [0.5, 0.6) is 0 Å². The minimum atomic E-state index is -0.816. The van der Waals surface area contributed by atoms with Crippen LogP contribution in [0.1, 0.15) is 25.3 Å². The number of para-hydroxylation sites is 1. The molecule has 2 aromatic rings. The van der Waals surface area contributed by atoms with Crippen LogP contribution < -0.4 is 5.32 Å². The van der Waals surface area contributed by atoms with Crippen molar-refractivity contribution in [2.75, 3.05) is 19.6 Å². The molecular formula is C19H25N3O3. The number of benzene rings is 1. The fourth-order valence-electron chi connectivity index (χ4n) is 3.62. The second kappa shape index (κ2) is 7.59. The smallest absolute Gasteiger partial charge is 0.317 e. The number of piperidine rings is 1. The number of aliphatic carboxylic acids is 1. The summed E-state index contributed by atoms with van der Waals surface area (Å²) in [5.41, 5.74) is 2.38. The molecule has 0 saturated carbocycles. The maximum atomic E-state index is 12.3. The minimum absolute atomic E-state index is 0.156. The first-order chi connectivity index (χ1) is 12.0. The molecule has 2 unspecified atom stereocenters. The number of carbonyl (C=O) groups is 2. The Kier molecular flexibility index (Phi) is 5.26. The largest absolute Gasteiger partial charge is 0.481 e. The molecule has 1 saturated heterocycles. The average molecular weight is 343 g/mol. The van der Waals surface area contributed by atoms with Crippen molar-refractivity contribution in [3.8, 4) is 0 Å². The van der Waals surface area contributed by atoms with Crippen molar-refractivity contribution in [3.05, 3.63) is 36.0 Å². The van der Waals surface area contributed by atoms with Crippen LogP contribution in [-0.4, -0.2) is 46.6 Å². The van der Waals surface area contributed by atoms with Gasteiger partial charge in [0.2, 0.25) is 0 Å². The van der Waals surface area contributed by atoms with Crippen LogP contribution in [0.3, 0.4) is 0 Å². The highest BCUT2D eigenvalue weighted by atomic mass is 16.4. The Balaban J connectivity index is 1.47. The number of carboxylic acid groups (broad SMARTS) is 1. The number of carboxylic acids is 1. The molecular weight excluding hydrogens is 318 g/mol. The van der Waals surface area contributed by atoms with E-state index in [0.717, 1.165) is 18.4 Å². The van der Waals surface area contributed by atoms with Gasteiger partial charge >= 0.3 is 12.0 Å². The van der Waals surface area contributed by atoms with Crippen LogP contribution in [0, 0.1) is 11.8 Å². The van der Waals surface area contributed by atoms with Gasteiger partial charge in [-0.05, 0) is 36.8 Å². The van der Waals surface area contributed by atoms with Crippen molar-refractivity contribution in [3.63, 3.8) is 0 Å². The van der Waals surface area contributed by atoms with E-state index in [1.165, 1.54) is 10.9 Å². The molecule has 2 heterocycles. The van der Waals surface area contributed by atoms with Crippen molar-refractivity contribution in [2.45, 2.75) is 26.2 Å². The third-order valence-corrected chi connectivity index (χ3v) is 4.87. The lowest BCUT2D eigenvalue weighted by Gasteiger charge is -2.34. The third-order valence-electron chi connectivity index (χ3n) is 4.87. The third kappa shape index (κ3) is 4.13. The van der Waals surface area contributed by atoms with E-state index in [1.54, 1.807) is 4.90 Å². The Morgan fingerprint density at radius 3 is 2.92 bits per heavy atom. The van der Waals surface area contributed by atoms with Gasteiger partial charge < -0.3 is 20.3 Å². The molecule has 1 aliphatic heterocycles. The summed E-state index contributed by atoms with van der Waals surface area (Å²) in [5, 5.41) is 13.4. The van der Waals surface area contributed by atoms with Gasteiger partial charge in [-0.1, -0.05) is 25.1 Å². The number of carbonyl (C=O) groups excluding carboxylic acids is 1. The minimum Gasteiger partial charge on any atom is -0.481 e. The van der Waals surface area contributed by atoms with Gasteiger partial charge in [0.15, 0.2) is 0 Å². The van der Waals surface area contributed by atoms with Gasteiger partial charge in [-0.2, -0.15) is 0 Å². The average Bonchev–Trinajstić information content (AvgIpc) is 3.01. The number of hydrogen-bond acceptors (Lipinski definition) is 2. The fraction of sp³-hybridized carbons (Fsp3) is 0.474. The van der Waals surface area contributed by atoms with Crippen molar-refractivity contribution < 1.29 is 14.7 Å². The Labute approximate surface area is 147 Å². The Hall–Kier alpha value is -2.50. The molecule has 2 atom stereocenters. The van der Waals surface area contributed by atoms with Crippen molar-refractivity contribution in [1.29, 1.82) is 0 Å². The van der Waals surface area contributed by atoms with Gasteiger partial charge in [-0.3, -0.25) is 4.79 Å². The van der Waals surface area contributed by atoms with E-state index < -0.39 is 11.9 Å². The zero-order chi connectivity index (χ0) is 17.8. The number of aromatic nitrogens is 1. The number of aromatic amines is 1.